The van der Waals surface area contributed by atoms with Crippen molar-refractivity contribution in [3.05, 3.63) is 58.1 Å². The summed E-state index contributed by atoms with van der Waals surface area (Å²) >= 11 is 8.13. The monoisotopic (exact) mass is 319 g/mol. The third-order valence-electron chi connectivity index (χ3n) is 3.42. The molecule has 3 heteroatoms. The SMILES string of the molecule is Cc1ccc(Sc2ccc(CNC(C)C)cc2Cl)cc1C. The van der Waals surface area contributed by atoms with Gasteiger partial charge >= 0.3 is 0 Å². The average molecular weight is 320 g/mol. The van der Waals surface area contributed by atoms with E-state index >= 15 is 0 Å². The summed E-state index contributed by atoms with van der Waals surface area (Å²) in [4.78, 5) is 2.33. The maximum absolute atomic E-state index is 6.42. The lowest BCUT2D eigenvalue weighted by Crippen LogP contribution is -2.21. The van der Waals surface area contributed by atoms with Crippen molar-refractivity contribution in [2.75, 3.05) is 0 Å². The van der Waals surface area contributed by atoms with Crippen molar-refractivity contribution in [1.29, 1.82) is 0 Å². The van der Waals surface area contributed by atoms with E-state index in [9.17, 15) is 0 Å². The van der Waals surface area contributed by atoms with Crippen molar-refractivity contribution in [3.63, 3.8) is 0 Å². The van der Waals surface area contributed by atoms with Gasteiger partial charge in [0, 0.05) is 22.4 Å². The van der Waals surface area contributed by atoms with E-state index in [4.69, 9.17) is 11.6 Å². The van der Waals surface area contributed by atoms with E-state index in [1.807, 2.05) is 0 Å². The molecule has 112 valence electrons. The maximum atomic E-state index is 6.42. The molecular weight excluding hydrogens is 298 g/mol. The van der Waals surface area contributed by atoms with Crippen LogP contribution in [0.2, 0.25) is 5.02 Å². The van der Waals surface area contributed by atoms with Gasteiger partial charge in [0.1, 0.15) is 0 Å². The first-order valence-electron chi connectivity index (χ1n) is 7.22. The highest BCUT2D eigenvalue weighted by molar-refractivity contribution is 7.99. The fraction of sp³-hybridized carbons (Fsp3) is 0.333. The van der Waals surface area contributed by atoms with Gasteiger partial charge < -0.3 is 5.32 Å². The van der Waals surface area contributed by atoms with Crippen LogP contribution in [0.25, 0.3) is 0 Å². The van der Waals surface area contributed by atoms with Crippen LogP contribution in [-0.2, 0) is 6.54 Å². The highest BCUT2D eigenvalue weighted by atomic mass is 35.5. The van der Waals surface area contributed by atoms with E-state index in [-0.39, 0.29) is 0 Å². The van der Waals surface area contributed by atoms with Crippen LogP contribution >= 0.6 is 23.4 Å². The number of benzene rings is 2. The Morgan fingerprint density at radius 1 is 1.05 bits per heavy atom. The third-order valence-corrected chi connectivity index (χ3v) is 4.91. The number of hydrogen-bond donors (Lipinski definition) is 1. The molecule has 0 spiro atoms. The molecule has 0 saturated heterocycles. The second-order valence-corrected chi connectivity index (χ2v) is 7.17. The summed E-state index contributed by atoms with van der Waals surface area (Å²) in [5.41, 5.74) is 3.85. The lowest BCUT2D eigenvalue weighted by molar-refractivity contribution is 0.589. The molecule has 0 amide bonds. The zero-order valence-corrected chi connectivity index (χ0v) is 14.6. The Labute approximate surface area is 137 Å². The second-order valence-electron chi connectivity index (χ2n) is 5.65. The summed E-state index contributed by atoms with van der Waals surface area (Å²) in [6.07, 6.45) is 0. The Hall–Kier alpha value is -0.960. The molecule has 0 fully saturated rings. The van der Waals surface area contributed by atoms with Gasteiger partial charge in [0.25, 0.3) is 0 Å². The van der Waals surface area contributed by atoms with Gasteiger partial charge in [-0.25, -0.2) is 0 Å². The molecule has 0 bridgehead atoms. The summed E-state index contributed by atoms with van der Waals surface area (Å²) in [6.45, 7) is 9.41. The standard InChI is InChI=1S/C18H22ClNS/c1-12(2)20-11-15-6-8-18(17(19)10-15)21-16-7-5-13(3)14(4)9-16/h5-10,12,20H,11H2,1-4H3. The van der Waals surface area contributed by atoms with Gasteiger partial charge in [0.05, 0.1) is 5.02 Å². The summed E-state index contributed by atoms with van der Waals surface area (Å²) < 4.78 is 0. The first-order chi connectivity index (χ1) is 9.95. The Bertz CT molecular complexity index is 623. The number of halogens is 1. The number of rotatable bonds is 5. The number of nitrogens with one attached hydrogen (secondary N) is 1. The van der Waals surface area contributed by atoms with Gasteiger partial charge in [-0.1, -0.05) is 49.3 Å². The summed E-state index contributed by atoms with van der Waals surface area (Å²) in [5, 5.41) is 4.23. The van der Waals surface area contributed by atoms with E-state index in [0.717, 1.165) is 16.5 Å². The van der Waals surface area contributed by atoms with Gasteiger partial charge in [-0.15, -0.1) is 0 Å². The Kier molecular flexibility index (Phi) is 5.74. The van der Waals surface area contributed by atoms with Crippen LogP contribution in [-0.4, -0.2) is 6.04 Å². The zero-order chi connectivity index (χ0) is 15.4. The van der Waals surface area contributed by atoms with Crippen molar-refractivity contribution in [1.82, 2.24) is 5.32 Å². The highest BCUT2D eigenvalue weighted by Crippen LogP contribution is 2.34. The normalized spacial score (nSPS) is 11.1. The predicted octanol–water partition coefficient (Wildman–Crippen LogP) is 5.61. The lowest BCUT2D eigenvalue weighted by atomic mass is 10.1. The molecule has 2 aromatic rings. The molecule has 0 aromatic heterocycles. The van der Waals surface area contributed by atoms with Crippen molar-refractivity contribution < 1.29 is 0 Å². The molecule has 0 aliphatic rings. The van der Waals surface area contributed by atoms with Crippen LogP contribution in [0.15, 0.2) is 46.2 Å². The Balaban J connectivity index is 2.11. The summed E-state index contributed by atoms with van der Waals surface area (Å²) in [5.74, 6) is 0. The summed E-state index contributed by atoms with van der Waals surface area (Å²) in [7, 11) is 0. The third kappa shape index (κ3) is 4.77. The molecule has 0 aliphatic heterocycles. The van der Waals surface area contributed by atoms with Crippen molar-refractivity contribution in [2.45, 2.75) is 50.1 Å². The fourth-order valence-corrected chi connectivity index (χ4v) is 3.20. The molecule has 0 atom stereocenters. The molecule has 1 nitrogen and oxygen atoms in total. The molecule has 2 rings (SSSR count). The topological polar surface area (TPSA) is 12.0 Å². The molecule has 0 radical (unpaired) electrons. The minimum absolute atomic E-state index is 0.480. The van der Waals surface area contributed by atoms with E-state index in [1.165, 1.54) is 21.6 Å². The first-order valence-corrected chi connectivity index (χ1v) is 8.42. The van der Waals surface area contributed by atoms with Gasteiger partial charge in [-0.2, -0.15) is 0 Å². The van der Waals surface area contributed by atoms with Crippen LogP contribution in [0.3, 0.4) is 0 Å². The average Bonchev–Trinajstić information content (AvgIpc) is 2.43. The summed E-state index contributed by atoms with van der Waals surface area (Å²) in [6, 6.07) is 13.3. The van der Waals surface area contributed by atoms with Crippen molar-refractivity contribution in [3.8, 4) is 0 Å². The molecule has 2 aromatic carbocycles. The van der Waals surface area contributed by atoms with Gasteiger partial charge in [0.2, 0.25) is 0 Å². The zero-order valence-electron chi connectivity index (χ0n) is 13.0. The molecule has 1 N–H and O–H groups in total. The van der Waals surface area contributed by atoms with Crippen LogP contribution in [0.1, 0.15) is 30.5 Å². The van der Waals surface area contributed by atoms with Crippen molar-refractivity contribution >= 4 is 23.4 Å². The minimum Gasteiger partial charge on any atom is -0.310 e. The molecule has 0 heterocycles. The number of aryl methyl sites for hydroxylation is 2. The minimum atomic E-state index is 0.480. The Morgan fingerprint density at radius 2 is 1.81 bits per heavy atom. The lowest BCUT2D eigenvalue weighted by Gasteiger charge is -2.11. The van der Waals surface area contributed by atoms with Crippen LogP contribution in [0.4, 0.5) is 0 Å². The van der Waals surface area contributed by atoms with Gasteiger partial charge in [-0.3, -0.25) is 0 Å². The van der Waals surface area contributed by atoms with Crippen LogP contribution < -0.4 is 5.32 Å². The molecular formula is C18H22ClNS. The molecule has 0 aliphatic carbocycles. The largest absolute Gasteiger partial charge is 0.310 e. The van der Waals surface area contributed by atoms with Gasteiger partial charge in [-0.05, 0) is 54.8 Å². The number of hydrogen-bond acceptors (Lipinski definition) is 2. The molecule has 0 unspecified atom stereocenters. The maximum Gasteiger partial charge on any atom is 0.0548 e. The molecule has 0 saturated carbocycles. The van der Waals surface area contributed by atoms with Crippen LogP contribution in [0.5, 0.6) is 0 Å². The predicted molar refractivity (Wildman–Crippen MR) is 93.5 cm³/mol. The quantitative estimate of drug-likeness (QED) is 0.769. The molecule has 21 heavy (non-hydrogen) atoms. The van der Waals surface area contributed by atoms with Crippen LogP contribution in [0, 0.1) is 13.8 Å². The van der Waals surface area contributed by atoms with E-state index in [0.29, 0.717) is 6.04 Å². The first kappa shape index (κ1) is 16.4. The fourth-order valence-electron chi connectivity index (χ4n) is 1.96. The second kappa shape index (κ2) is 7.35. The Morgan fingerprint density at radius 3 is 2.43 bits per heavy atom. The van der Waals surface area contributed by atoms with E-state index < -0.39 is 0 Å². The highest BCUT2D eigenvalue weighted by Gasteiger charge is 2.06. The van der Waals surface area contributed by atoms with E-state index in [1.54, 1.807) is 11.8 Å². The smallest absolute Gasteiger partial charge is 0.0548 e. The van der Waals surface area contributed by atoms with E-state index in [2.05, 4.69) is 69.4 Å². The van der Waals surface area contributed by atoms with Gasteiger partial charge in [0.15, 0.2) is 0 Å². The van der Waals surface area contributed by atoms with Crippen molar-refractivity contribution in [2.24, 2.45) is 0 Å².